The molecular weight excluding hydrogens is 857 g/mol. The van der Waals surface area contributed by atoms with Gasteiger partial charge in [0.15, 0.2) is 0 Å². The van der Waals surface area contributed by atoms with Crippen LogP contribution in [0.3, 0.4) is 0 Å². The van der Waals surface area contributed by atoms with Gasteiger partial charge in [-0.1, -0.05) is 60.7 Å². The topological polar surface area (TPSA) is 299 Å². The first kappa shape index (κ1) is 57.5. The smallest absolute Gasteiger partial charge is 0.407 e. The lowest BCUT2D eigenvalue weighted by Gasteiger charge is -2.19. The molecule has 0 saturated carbocycles. The third-order valence-electron chi connectivity index (χ3n) is 8.48. The van der Waals surface area contributed by atoms with Crippen LogP contribution in [0.2, 0.25) is 0 Å². The van der Waals surface area contributed by atoms with Crippen molar-refractivity contribution in [1.82, 2.24) is 5.32 Å². The number of nitrogens with one attached hydrogen (secondary N) is 4. The summed E-state index contributed by atoms with van der Waals surface area (Å²) in [5, 5.41) is 7.98. The summed E-state index contributed by atoms with van der Waals surface area (Å²) in [4.78, 5) is 32.1. The number of alkyl carbamates (subject to hydrolysis) is 1. The Kier molecular flexibility index (Phi) is 28.1. The van der Waals surface area contributed by atoms with Crippen LogP contribution in [0.15, 0.2) is 121 Å². The van der Waals surface area contributed by atoms with E-state index >= 15 is 0 Å². The van der Waals surface area contributed by atoms with Crippen LogP contribution in [0.25, 0.3) is 0 Å². The van der Waals surface area contributed by atoms with Crippen molar-refractivity contribution in [2.45, 2.75) is 65.4 Å². The summed E-state index contributed by atoms with van der Waals surface area (Å²) in [5.74, 6) is -0.0495. The largest absolute Gasteiger partial charge is 0.444 e. The molecule has 0 saturated heterocycles. The fraction of sp³-hybridized carbons (Fsp3) is 0.327. The standard InChI is InChI=1S/C13H20N2O2.C10H14N2O.C9H14N2O2S.C9H12N2O.C8H12N2/c1-13(2,3)17-12(16)15-9-8-10-4-6-11(14)7-5-10;1-8(13)12-10-4-2-9(3-5-10)6-7-11;1-14(12,13)11-9-4-2-8(3-5-9)6-7-10;10-6-5-8-1-3-9(4-2-8)11-7-12;9-6-5-7-1-3-8(10)4-2-7/h4-7H,8-9,14H2,1-3H3,(H,15,16);2-5H,6-7,11H2,1H3,(H,12,13);2-5,11H,6-7,10H2,1H3;1-4,7H,5-6,10H2,(H,11,12);1-4H,5-6,9-10H2. The van der Waals surface area contributed by atoms with E-state index in [0.29, 0.717) is 44.8 Å². The number of nitrogens with two attached hydrogens (primary N) is 6. The average Bonchev–Trinajstić information content (AvgIpc) is 3.25. The van der Waals surface area contributed by atoms with Gasteiger partial charge in [0.05, 0.1) is 6.26 Å². The molecule has 0 aliphatic carbocycles. The predicted octanol–water partition coefficient (Wildman–Crippen LogP) is 5.57. The molecule has 16 nitrogen and oxygen atoms in total. The summed E-state index contributed by atoms with van der Waals surface area (Å²) in [5.41, 5.74) is 41.8. The summed E-state index contributed by atoms with van der Waals surface area (Å²) in [6.07, 6.45) is 5.66. The van der Waals surface area contributed by atoms with Crippen LogP contribution >= 0.6 is 0 Å². The molecule has 17 heteroatoms. The number of rotatable bonds is 16. The van der Waals surface area contributed by atoms with E-state index in [1.54, 1.807) is 12.1 Å². The number of carbonyl (C=O) groups is 3. The van der Waals surface area contributed by atoms with Crippen molar-refractivity contribution in [2.75, 3.05) is 65.8 Å². The van der Waals surface area contributed by atoms with Gasteiger partial charge in [0.1, 0.15) is 5.60 Å². The van der Waals surface area contributed by atoms with Crippen molar-refractivity contribution in [2.24, 2.45) is 22.9 Å². The van der Waals surface area contributed by atoms with Gasteiger partial charge in [0, 0.05) is 41.9 Å². The zero-order valence-corrected chi connectivity index (χ0v) is 39.8. The second-order valence-electron chi connectivity index (χ2n) is 15.7. The highest BCUT2D eigenvalue weighted by Gasteiger charge is 2.15. The third-order valence-corrected chi connectivity index (χ3v) is 9.09. The van der Waals surface area contributed by atoms with E-state index in [2.05, 4.69) is 20.7 Å². The molecule has 0 aliphatic rings. The van der Waals surface area contributed by atoms with Crippen LogP contribution in [0.4, 0.5) is 33.2 Å². The number of amides is 3. The van der Waals surface area contributed by atoms with Crippen molar-refractivity contribution >= 4 is 56.9 Å². The number of sulfonamides is 1. The van der Waals surface area contributed by atoms with E-state index in [-0.39, 0.29) is 12.0 Å². The second-order valence-corrected chi connectivity index (χ2v) is 17.5. The van der Waals surface area contributed by atoms with Crippen LogP contribution in [-0.2, 0) is 56.5 Å². The normalized spacial score (nSPS) is 10.3. The van der Waals surface area contributed by atoms with E-state index in [0.717, 1.165) is 72.2 Å². The summed E-state index contributed by atoms with van der Waals surface area (Å²) >= 11 is 0. The van der Waals surface area contributed by atoms with Crippen molar-refractivity contribution in [3.8, 4) is 0 Å². The number of hydrogen-bond donors (Lipinski definition) is 10. The molecule has 0 bridgehead atoms. The Labute approximate surface area is 391 Å². The van der Waals surface area contributed by atoms with Crippen molar-refractivity contribution in [3.05, 3.63) is 149 Å². The van der Waals surface area contributed by atoms with Gasteiger partial charge >= 0.3 is 6.09 Å². The van der Waals surface area contributed by atoms with E-state index in [1.807, 2.05) is 130 Å². The highest BCUT2D eigenvalue weighted by Crippen LogP contribution is 2.12. The molecule has 0 atom stereocenters. The molecular formula is C49H72N10O6S. The van der Waals surface area contributed by atoms with Crippen molar-refractivity contribution in [1.29, 1.82) is 0 Å². The highest BCUT2D eigenvalue weighted by molar-refractivity contribution is 7.92. The van der Waals surface area contributed by atoms with Crippen LogP contribution in [-0.4, -0.2) is 71.4 Å². The molecule has 0 spiro atoms. The molecule has 0 unspecified atom stereocenters. The fourth-order valence-electron chi connectivity index (χ4n) is 5.41. The molecule has 5 rings (SSSR count). The Morgan fingerprint density at radius 3 is 1.21 bits per heavy atom. The number of nitrogen functional groups attached to an aromatic ring is 2. The number of anilines is 5. The molecule has 66 heavy (non-hydrogen) atoms. The lowest BCUT2D eigenvalue weighted by atomic mass is 10.1. The number of hydrogen-bond acceptors (Lipinski definition) is 12. The van der Waals surface area contributed by atoms with Crippen LogP contribution in [0.5, 0.6) is 0 Å². The van der Waals surface area contributed by atoms with Gasteiger partial charge in [-0.25, -0.2) is 13.2 Å². The lowest BCUT2D eigenvalue weighted by molar-refractivity contribution is -0.114. The predicted molar refractivity (Wildman–Crippen MR) is 272 cm³/mol. The van der Waals surface area contributed by atoms with E-state index < -0.39 is 15.6 Å². The molecule has 0 aromatic heterocycles. The van der Waals surface area contributed by atoms with E-state index in [4.69, 9.17) is 39.1 Å². The van der Waals surface area contributed by atoms with E-state index in [1.165, 1.54) is 23.6 Å². The minimum absolute atomic E-state index is 0.0495. The Bertz CT molecular complexity index is 2200. The number of benzene rings is 5. The maximum Gasteiger partial charge on any atom is 0.407 e. The first-order chi connectivity index (χ1) is 31.3. The Hall–Kier alpha value is -6.50. The molecule has 3 amide bonds. The first-order valence-corrected chi connectivity index (χ1v) is 23.4. The molecule has 0 aliphatic heterocycles. The van der Waals surface area contributed by atoms with E-state index in [9.17, 15) is 22.8 Å². The quantitative estimate of drug-likeness (QED) is 0.0429. The third kappa shape index (κ3) is 29.8. The van der Waals surface area contributed by atoms with Crippen molar-refractivity contribution < 1.29 is 27.5 Å². The maximum absolute atomic E-state index is 11.3. The summed E-state index contributed by atoms with van der Waals surface area (Å²) in [6.45, 7) is 10.2. The summed E-state index contributed by atoms with van der Waals surface area (Å²) in [6, 6.07) is 37.9. The SMILES string of the molecule is CC(=O)Nc1ccc(CCN)cc1.CC(C)(C)OC(=O)NCCc1ccc(N)cc1.CS(=O)(=O)Nc1ccc(CCN)cc1.NCCc1ccc(N)cc1.NCCc1ccc(NC=O)cc1. The molecule has 16 N–H and O–H groups in total. The number of carbonyl (C=O) groups excluding carboxylic acids is 3. The number of ether oxygens (including phenoxy) is 1. The van der Waals surface area contributed by atoms with Gasteiger partial charge < -0.3 is 55.1 Å². The van der Waals surface area contributed by atoms with Gasteiger partial charge in [-0.05, 0) is 168 Å². The van der Waals surface area contributed by atoms with Gasteiger partial charge in [-0.3, -0.25) is 14.3 Å². The van der Waals surface area contributed by atoms with Crippen molar-refractivity contribution in [3.63, 3.8) is 0 Å². The van der Waals surface area contributed by atoms with Crippen LogP contribution in [0, 0.1) is 0 Å². The highest BCUT2D eigenvalue weighted by atomic mass is 32.2. The summed E-state index contributed by atoms with van der Waals surface area (Å²) < 4.78 is 29.3. The van der Waals surface area contributed by atoms with Crippen LogP contribution < -0.4 is 55.1 Å². The zero-order valence-electron chi connectivity index (χ0n) is 39.0. The minimum atomic E-state index is -3.18. The Morgan fingerprint density at radius 2 is 0.894 bits per heavy atom. The van der Waals surface area contributed by atoms with Gasteiger partial charge in [0.2, 0.25) is 22.3 Å². The molecule has 360 valence electrons. The molecule has 5 aromatic carbocycles. The fourth-order valence-corrected chi connectivity index (χ4v) is 5.97. The first-order valence-electron chi connectivity index (χ1n) is 21.5. The molecule has 0 radical (unpaired) electrons. The molecule has 0 fully saturated rings. The lowest BCUT2D eigenvalue weighted by Crippen LogP contribution is -2.33. The summed E-state index contributed by atoms with van der Waals surface area (Å²) in [7, 11) is -3.18. The minimum Gasteiger partial charge on any atom is -0.444 e. The monoisotopic (exact) mass is 929 g/mol. The van der Waals surface area contributed by atoms with Gasteiger partial charge in [-0.15, -0.1) is 0 Å². The van der Waals surface area contributed by atoms with Gasteiger partial charge in [-0.2, -0.15) is 0 Å². The molecule has 0 heterocycles. The maximum atomic E-state index is 11.3. The second kappa shape index (κ2) is 32.2. The van der Waals surface area contributed by atoms with Gasteiger partial charge in [0.25, 0.3) is 0 Å². The Balaban J connectivity index is 0.000000417. The van der Waals surface area contributed by atoms with Crippen LogP contribution in [0.1, 0.15) is 55.5 Å². The molecule has 5 aromatic rings. The Morgan fingerprint density at radius 1 is 0.561 bits per heavy atom. The average molecular weight is 929 g/mol. The zero-order chi connectivity index (χ0) is 49.4.